The maximum atomic E-state index is 12.1. The smallest absolute Gasteiger partial charge is 0.255 e. The molecule has 0 fully saturated rings. The Morgan fingerprint density at radius 1 is 1.05 bits per heavy atom. The van der Waals surface area contributed by atoms with Crippen molar-refractivity contribution in [1.82, 2.24) is 0 Å². The van der Waals surface area contributed by atoms with Gasteiger partial charge in [0, 0.05) is 17.8 Å². The van der Waals surface area contributed by atoms with E-state index >= 15 is 0 Å². The summed E-state index contributed by atoms with van der Waals surface area (Å²) < 4.78 is 0. The Bertz CT molecular complexity index is 571. The van der Waals surface area contributed by atoms with Crippen molar-refractivity contribution in [1.29, 1.82) is 0 Å². The van der Waals surface area contributed by atoms with E-state index < -0.39 is 0 Å². The molecule has 0 spiro atoms. The summed E-state index contributed by atoms with van der Waals surface area (Å²) in [6, 6.07) is 15.3. The fraction of sp³-hybridized carbons (Fsp3) is 0.235. The molecule has 0 atom stereocenters. The van der Waals surface area contributed by atoms with Crippen molar-refractivity contribution in [3.05, 3.63) is 65.2 Å². The highest BCUT2D eigenvalue weighted by Crippen LogP contribution is 2.16. The number of carbonyl (C=O) groups excluding carboxylic acids is 1. The molecule has 3 N–H and O–H groups in total. The molecule has 0 aliphatic carbocycles. The van der Waals surface area contributed by atoms with Gasteiger partial charge in [0.05, 0.1) is 0 Å². The van der Waals surface area contributed by atoms with Crippen LogP contribution in [0.3, 0.4) is 0 Å². The second-order valence-corrected chi connectivity index (χ2v) is 5.13. The SMILES string of the molecule is CC(C)c1ccc(C(=O)Nc2ccc(CN)cc2)cc1. The summed E-state index contributed by atoms with van der Waals surface area (Å²) in [6.45, 7) is 4.77. The van der Waals surface area contributed by atoms with Crippen LogP contribution >= 0.6 is 0 Å². The molecule has 0 heterocycles. The Morgan fingerprint density at radius 3 is 2.15 bits per heavy atom. The third-order valence-corrected chi connectivity index (χ3v) is 3.29. The number of amides is 1. The third kappa shape index (κ3) is 3.45. The number of hydrogen-bond donors (Lipinski definition) is 2. The lowest BCUT2D eigenvalue weighted by atomic mass is 10.0. The molecule has 20 heavy (non-hydrogen) atoms. The van der Waals surface area contributed by atoms with Gasteiger partial charge in [0.1, 0.15) is 0 Å². The predicted octanol–water partition coefficient (Wildman–Crippen LogP) is 3.52. The maximum Gasteiger partial charge on any atom is 0.255 e. The molecule has 0 bridgehead atoms. The molecule has 2 rings (SSSR count). The molecular weight excluding hydrogens is 248 g/mol. The van der Waals surface area contributed by atoms with E-state index in [0.29, 0.717) is 18.0 Å². The Balaban J connectivity index is 2.07. The number of rotatable bonds is 4. The molecule has 0 aliphatic rings. The third-order valence-electron chi connectivity index (χ3n) is 3.29. The molecular formula is C17H20N2O. The summed E-state index contributed by atoms with van der Waals surface area (Å²) in [6.07, 6.45) is 0. The van der Waals surface area contributed by atoms with Crippen molar-refractivity contribution >= 4 is 11.6 Å². The molecule has 2 aromatic rings. The van der Waals surface area contributed by atoms with Crippen molar-refractivity contribution in [3.8, 4) is 0 Å². The Labute approximate surface area is 119 Å². The molecule has 3 nitrogen and oxygen atoms in total. The van der Waals surface area contributed by atoms with Gasteiger partial charge in [-0.15, -0.1) is 0 Å². The van der Waals surface area contributed by atoms with Crippen LogP contribution in [0.1, 0.15) is 41.3 Å². The second kappa shape index (κ2) is 6.35. The van der Waals surface area contributed by atoms with Gasteiger partial charge in [0.15, 0.2) is 0 Å². The lowest BCUT2D eigenvalue weighted by Crippen LogP contribution is -2.12. The van der Waals surface area contributed by atoms with Gasteiger partial charge in [0.2, 0.25) is 0 Å². The van der Waals surface area contributed by atoms with Gasteiger partial charge in [-0.2, -0.15) is 0 Å². The summed E-state index contributed by atoms with van der Waals surface area (Å²) in [5.41, 5.74) is 9.26. The standard InChI is InChI=1S/C17H20N2O/c1-12(2)14-5-7-15(8-6-14)17(20)19-16-9-3-13(11-18)4-10-16/h3-10,12H,11,18H2,1-2H3,(H,19,20). The summed E-state index contributed by atoms with van der Waals surface area (Å²) in [5, 5.41) is 2.88. The summed E-state index contributed by atoms with van der Waals surface area (Å²) in [5.74, 6) is 0.372. The molecule has 0 saturated heterocycles. The van der Waals surface area contributed by atoms with Crippen molar-refractivity contribution in [2.75, 3.05) is 5.32 Å². The van der Waals surface area contributed by atoms with Crippen molar-refractivity contribution in [2.45, 2.75) is 26.3 Å². The Morgan fingerprint density at radius 2 is 1.65 bits per heavy atom. The molecule has 0 aliphatic heterocycles. The summed E-state index contributed by atoms with van der Waals surface area (Å²) in [4.78, 5) is 12.1. The minimum absolute atomic E-state index is 0.0965. The van der Waals surface area contributed by atoms with Crippen molar-refractivity contribution in [2.24, 2.45) is 5.73 Å². The van der Waals surface area contributed by atoms with Crippen LogP contribution in [0.5, 0.6) is 0 Å². The molecule has 3 heteroatoms. The highest BCUT2D eigenvalue weighted by molar-refractivity contribution is 6.04. The molecule has 0 radical (unpaired) electrons. The topological polar surface area (TPSA) is 55.1 Å². The normalized spacial score (nSPS) is 10.6. The number of nitrogens with two attached hydrogens (primary N) is 1. The number of anilines is 1. The van der Waals surface area contributed by atoms with E-state index in [-0.39, 0.29) is 5.91 Å². The van der Waals surface area contributed by atoms with Crippen LogP contribution in [0, 0.1) is 0 Å². The Kier molecular flexibility index (Phi) is 4.53. The van der Waals surface area contributed by atoms with Crippen molar-refractivity contribution in [3.63, 3.8) is 0 Å². The molecule has 1 amide bonds. The minimum Gasteiger partial charge on any atom is -0.326 e. The first-order valence-electron chi connectivity index (χ1n) is 6.80. The largest absolute Gasteiger partial charge is 0.326 e. The van der Waals surface area contributed by atoms with Gasteiger partial charge in [-0.3, -0.25) is 4.79 Å². The van der Waals surface area contributed by atoms with Gasteiger partial charge < -0.3 is 11.1 Å². The van der Waals surface area contributed by atoms with Crippen LogP contribution in [0.15, 0.2) is 48.5 Å². The first-order valence-corrected chi connectivity index (χ1v) is 6.80. The molecule has 0 saturated carbocycles. The monoisotopic (exact) mass is 268 g/mol. The second-order valence-electron chi connectivity index (χ2n) is 5.13. The van der Waals surface area contributed by atoms with E-state index in [9.17, 15) is 4.79 Å². The molecule has 104 valence electrons. The first-order chi connectivity index (χ1) is 9.60. The van der Waals surface area contributed by atoms with Gasteiger partial charge in [-0.25, -0.2) is 0 Å². The number of nitrogens with one attached hydrogen (secondary N) is 1. The zero-order valence-electron chi connectivity index (χ0n) is 11.9. The van der Waals surface area contributed by atoms with Gasteiger partial charge >= 0.3 is 0 Å². The summed E-state index contributed by atoms with van der Waals surface area (Å²) >= 11 is 0. The number of carbonyl (C=O) groups is 1. The summed E-state index contributed by atoms with van der Waals surface area (Å²) in [7, 11) is 0. The maximum absolute atomic E-state index is 12.1. The van der Waals surface area contributed by atoms with E-state index in [2.05, 4.69) is 19.2 Å². The zero-order chi connectivity index (χ0) is 14.5. The van der Waals surface area contributed by atoms with Gasteiger partial charge in [-0.05, 0) is 41.3 Å². The van der Waals surface area contributed by atoms with Crippen LogP contribution in [0.4, 0.5) is 5.69 Å². The van der Waals surface area contributed by atoms with E-state index in [4.69, 9.17) is 5.73 Å². The molecule has 2 aromatic carbocycles. The molecule has 0 unspecified atom stereocenters. The minimum atomic E-state index is -0.0965. The quantitative estimate of drug-likeness (QED) is 0.891. The fourth-order valence-corrected chi connectivity index (χ4v) is 1.95. The lowest BCUT2D eigenvalue weighted by molar-refractivity contribution is 0.102. The average Bonchev–Trinajstić information content (AvgIpc) is 2.48. The predicted molar refractivity (Wildman–Crippen MR) is 82.8 cm³/mol. The van der Waals surface area contributed by atoms with Crippen LogP contribution in [0.2, 0.25) is 0 Å². The van der Waals surface area contributed by atoms with E-state index in [1.807, 2.05) is 48.5 Å². The van der Waals surface area contributed by atoms with Crippen LogP contribution < -0.4 is 11.1 Å². The van der Waals surface area contributed by atoms with Gasteiger partial charge in [0.25, 0.3) is 5.91 Å². The van der Waals surface area contributed by atoms with E-state index in [1.54, 1.807) is 0 Å². The zero-order valence-corrected chi connectivity index (χ0v) is 11.9. The van der Waals surface area contributed by atoms with Crippen LogP contribution in [-0.4, -0.2) is 5.91 Å². The fourth-order valence-electron chi connectivity index (χ4n) is 1.95. The number of hydrogen-bond acceptors (Lipinski definition) is 2. The highest BCUT2D eigenvalue weighted by atomic mass is 16.1. The van der Waals surface area contributed by atoms with Gasteiger partial charge in [-0.1, -0.05) is 38.1 Å². The lowest BCUT2D eigenvalue weighted by Gasteiger charge is -2.08. The molecule has 0 aromatic heterocycles. The first kappa shape index (κ1) is 14.3. The van der Waals surface area contributed by atoms with E-state index in [0.717, 1.165) is 11.3 Å². The highest BCUT2D eigenvalue weighted by Gasteiger charge is 2.07. The number of benzene rings is 2. The average molecular weight is 268 g/mol. The van der Waals surface area contributed by atoms with Crippen LogP contribution in [0.25, 0.3) is 0 Å². The van der Waals surface area contributed by atoms with Crippen LogP contribution in [-0.2, 0) is 6.54 Å². The Hall–Kier alpha value is -2.13. The van der Waals surface area contributed by atoms with Crippen molar-refractivity contribution < 1.29 is 4.79 Å². The van der Waals surface area contributed by atoms with E-state index in [1.165, 1.54) is 5.56 Å².